The molecule has 4 aromatic carbocycles. The topological polar surface area (TPSA) is 166 Å². The van der Waals surface area contributed by atoms with Crippen LogP contribution in [-0.4, -0.2) is 78.2 Å². The van der Waals surface area contributed by atoms with E-state index in [1.54, 1.807) is 74.8 Å². The minimum absolute atomic E-state index is 0.258. The fraction of sp³-hybridized carbons (Fsp3) is 0.194. The number of amides is 5. The second-order valence-electron chi connectivity index (χ2n) is 11.5. The van der Waals surface area contributed by atoms with Crippen LogP contribution < -0.4 is 30.1 Å². The lowest BCUT2D eigenvalue weighted by Crippen LogP contribution is -2.46. The first-order valence-corrected chi connectivity index (χ1v) is 15.7. The smallest absolute Gasteiger partial charge is 0.319 e. The molecule has 14 nitrogen and oxygen atoms in total. The highest BCUT2D eigenvalue weighted by Gasteiger charge is 2.23. The van der Waals surface area contributed by atoms with Gasteiger partial charge in [-0.2, -0.15) is 5.21 Å². The SMILES string of the molecule is Cc1cc(C)cc(N(C)C(=O)COc2cccc(N(CC(=O)N(C)c3ccccc3)C(=O)CNC(=O)Nc3cccc(-c4nn[nH]n4)c3)c2)c1. The van der Waals surface area contributed by atoms with Crippen molar-refractivity contribution in [3.05, 3.63) is 108 Å². The summed E-state index contributed by atoms with van der Waals surface area (Å²) in [6, 6.07) is 27.6. The van der Waals surface area contributed by atoms with Crippen LogP contribution in [0, 0.1) is 13.8 Å². The van der Waals surface area contributed by atoms with Gasteiger partial charge < -0.3 is 30.1 Å². The Kier molecular flexibility index (Phi) is 11.1. The first kappa shape index (κ1) is 34.8. The highest BCUT2D eigenvalue weighted by Crippen LogP contribution is 2.24. The van der Waals surface area contributed by atoms with Gasteiger partial charge in [0.25, 0.3) is 5.91 Å². The van der Waals surface area contributed by atoms with Gasteiger partial charge in [0.2, 0.25) is 17.6 Å². The molecule has 0 saturated carbocycles. The van der Waals surface area contributed by atoms with Crippen molar-refractivity contribution in [2.45, 2.75) is 13.8 Å². The molecule has 0 aliphatic carbocycles. The van der Waals surface area contributed by atoms with Crippen LogP contribution in [0.1, 0.15) is 11.1 Å². The lowest BCUT2D eigenvalue weighted by molar-refractivity contribution is -0.121. The Morgan fingerprint density at radius 3 is 2.16 bits per heavy atom. The van der Waals surface area contributed by atoms with Gasteiger partial charge in [0.15, 0.2) is 6.61 Å². The number of carbonyl (C=O) groups excluding carboxylic acids is 4. The number of nitrogens with one attached hydrogen (secondary N) is 3. The molecule has 256 valence electrons. The third kappa shape index (κ3) is 9.07. The summed E-state index contributed by atoms with van der Waals surface area (Å²) < 4.78 is 5.85. The zero-order chi connectivity index (χ0) is 35.6. The monoisotopic (exact) mass is 675 g/mol. The van der Waals surface area contributed by atoms with Crippen molar-refractivity contribution < 1.29 is 23.9 Å². The van der Waals surface area contributed by atoms with E-state index in [-0.39, 0.29) is 25.0 Å². The van der Waals surface area contributed by atoms with Gasteiger partial charge in [-0.25, -0.2) is 4.79 Å². The van der Waals surface area contributed by atoms with E-state index in [0.717, 1.165) is 16.8 Å². The summed E-state index contributed by atoms with van der Waals surface area (Å²) in [6.45, 7) is 2.91. The summed E-state index contributed by atoms with van der Waals surface area (Å²) >= 11 is 0. The van der Waals surface area contributed by atoms with Crippen LogP contribution in [0.25, 0.3) is 11.4 Å². The molecule has 0 bridgehead atoms. The first-order chi connectivity index (χ1) is 24.1. The number of urea groups is 1. The van der Waals surface area contributed by atoms with E-state index in [0.29, 0.717) is 34.2 Å². The Bertz CT molecular complexity index is 1950. The summed E-state index contributed by atoms with van der Waals surface area (Å²) in [5.74, 6) is -0.527. The first-order valence-electron chi connectivity index (χ1n) is 15.7. The van der Waals surface area contributed by atoms with E-state index in [1.807, 2.05) is 50.2 Å². The number of aryl methyl sites for hydroxylation is 2. The maximum atomic E-state index is 13.7. The number of benzene rings is 4. The highest BCUT2D eigenvalue weighted by molar-refractivity contribution is 6.05. The largest absolute Gasteiger partial charge is 0.484 e. The van der Waals surface area contributed by atoms with Crippen LogP contribution in [0.4, 0.5) is 27.5 Å². The fourth-order valence-corrected chi connectivity index (χ4v) is 5.08. The molecule has 0 radical (unpaired) electrons. The molecule has 0 aliphatic rings. The van der Waals surface area contributed by atoms with E-state index in [2.05, 4.69) is 31.3 Å². The predicted molar refractivity (Wildman–Crippen MR) is 190 cm³/mol. The highest BCUT2D eigenvalue weighted by atomic mass is 16.5. The third-order valence-electron chi connectivity index (χ3n) is 7.70. The average Bonchev–Trinajstić information content (AvgIpc) is 3.67. The molecule has 1 aromatic heterocycles. The van der Waals surface area contributed by atoms with Crippen LogP contribution in [0.3, 0.4) is 0 Å². The molecule has 0 atom stereocenters. The van der Waals surface area contributed by atoms with Crippen LogP contribution in [0.15, 0.2) is 97.1 Å². The number of para-hydroxylation sites is 1. The van der Waals surface area contributed by atoms with E-state index in [1.165, 1.54) is 14.7 Å². The normalized spacial score (nSPS) is 10.6. The molecule has 0 fully saturated rings. The van der Waals surface area contributed by atoms with Crippen molar-refractivity contribution in [2.24, 2.45) is 0 Å². The van der Waals surface area contributed by atoms with Gasteiger partial charge in [0.05, 0.1) is 6.54 Å². The fourth-order valence-electron chi connectivity index (χ4n) is 5.08. The van der Waals surface area contributed by atoms with E-state index >= 15 is 0 Å². The van der Waals surface area contributed by atoms with Crippen molar-refractivity contribution in [3.8, 4) is 17.1 Å². The number of nitrogens with zero attached hydrogens (tertiary/aromatic N) is 6. The van der Waals surface area contributed by atoms with Crippen LogP contribution in [0.5, 0.6) is 5.75 Å². The Labute approximate surface area is 289 Å². The Balaban J connectivity index is 1.28. The van der Waals surface area contributed by atoms with E-state index in [9.17, 15) is 19.2 Å². The molecule has 50 heavy (non-hydrogen) atoms. The van der Waals surface area contributed by atoms with E-state index < -0.39 is 18.5 Å². The molecule has 5 amide bonds. The molecule has 0 spiro atoms. The number of aromatic nitrogens is 4. The molecule has 0 saturated heterocycles. The zero-order valence-corrected chi connectivity index (χ0v) is 28.1. The summed E-state index contributed by atoms with van der Waals surface area (Å²) in [4.78, 5) is 57.1. The number of ether oxygens (including phenoxy) is 1. The number of hydrogen-bond donors (Lipinski definition) is 3. The standard InChI is InChI=1S/C36H37N9O5/c1-24-16-25(2)18-30(17-24)44(4)34(48)23-50-31-15-9-14-29(20-31)45(22-33(47)43(3)28-12-6-5-7-13-28)32(46)21-37-36(49)38-27-11-8-10-26(19-27)35-39-41-42-40-35/h5-20H,21-23H2,1-4H3,(H2,37,38,49)(H,39,40,41,42). The molecule has 5 aromatic rings. The summed E-state index contributed by atoms with van der Waals surface area (Å²) in [7, 11) is 3.30. The minimum atomic E-state index is -0.639. The molecule has 1 heterocycles. The number of likely N-dealkylation sites (N-methyl/N-ethyl adjacent to an activating group) is 2. The van der Waals surface area contributed by atoms with Crippen LogP contribution in [-0.2, 0) is 14.4 Å². The molecule has 0 aliphatic heterocycles. The molecule has 5 rings (SSSR count). The van der Waals surface area contributed by atoms with E-state index in [4.69, 9.17) is 4.74 Å². The number of tetrazole rings is 1. The lowest BCUT2D eigenvalue weighted by atomic mass is 10.1. The average molecular weight is 676 g/mol. The number of carbonyl (C=O) groups is 4. The number of hydrogen-bond acceptors (Lipinski definition) is 8. The van der Waals surface area contributed by atoms with Crippen molar-refractivity contribution >= 4 is 46.5 Å². The third-order valence-corrected chi connectivity index (χ3v) is 7.70. The molecule has 0 unspecified atom stereocenters. The minimum Gasteiger partial charge on any atom is -0.484 e. The number of aromatic amines is 1. The van der Waals surface area contributed by atoms with Crippen molar-refractivity contribution in [2.75, 3.05) is 53.8 Å². The Morgan fingerprint density at radius 2 is 1.44 bits per heavy atom. The van der Waals surface area contributed by atoms with Crippen LogP contribution in [0.2, 0.25) is 0 Å². The second-order valence-corrected chi connectivity index (χ2v) is 11.5. The predicted octanol–water partition coefficient (Wildman–Crippen LogP) is 4.34. The van der Waals surface area contributed by atoms with Gasteiger partial charge >= 0.3 is 6.03 Å². The lowest BCUT2D eigenvalue weighted by Gasteiger charge is -2.26. The van der Waals surface area contributed by atoms with Gasteiger partial charge in [-0.05, 0) is 78.7 Å². The van der Waals surface area contributed by atoms with Gasteiger partial charge in [-0.3, -0.25) is 14.4 Å². The van der Waals surface area contributed by atoms with Crippen molar-refractivity contribution in [3.63, 3.8) is 0 Å². The number of H-pyrrole nitrogens is 1. The molecular weight excluding hydrogens is 638 g/mol. The number of rotatable bonds is 12. The summed E-state index contributed by atoms with van der Waals surface area (Å²) in [5.41, 5.74) is 4.87. The van der Waals surface area contributed by atoms with Crippen molar-refractivity contribution in [1.29, 1.82) is 0 Å². The number of anilines is 4. The summed E-state index contributed by atoms with van der Waals surface area (Å²) in [5, 5.41) is 19.0. The maximum absolute atomic E-state index is 13.7. The maximum Gasteiger partial charge on any atom is 0.319 e. The Hall–Kier alpha value is -6.57. The second kappa shape index (κ2) is 16.0. The van der Waals surface area contributed by atoms with Gasteiger partial charge in [0.1, 0.15) is 12.3 Å². The van der Waals surface area contributed by atoms with Crippen molar-refractivity contribution in [1.82, 2.24) is 25.9 Å². The van der Waals surface area contributed by atoms with Gasteiger partial charge in [0, 0.05) is 48.5 Å². The van der Waals surface area contributed by atoms with Crippen LogP contribution >= 0.6 is 0 Å². The summed E-state index contributed by atoms with van der Waals surface area (Å²) in [6.07, 6.45) is 0. The Morgan fingerprint density at radius 1 is 0.740 bits per heavy atom. The molecule has 3 N–H and O–H groups in total. The van der Waals surface area contributed by atoms with Gasteiger partial charge in [-0.15, -0.1) is 10.2 Å². The van der Waals surface area contributed by atoms with Gasteiger partial charge in [-0.1, -0.05) is 42.5 Å². The zero-order valence-electron chi connectivity index (χ0n) is 28.1. The molecule has 14 heteroatoms. The quantitative estimate of drug-likeness (QED) is 0.176. The molecular formula is C36H37N9O5.